The summed E-state index contributed by atoms with van der Waals surface area (Å²) in [5.74, 6) is 0.576. The van der Waals surface area contributed by atoms with E-state index in [4.69, 9.17) is 4.42 Å². The van der Waals surface area contributed by atoms with Crippen molar-refractivity contribution >= 4 is 23.7 Å². The van der Waals surface area contributed by atoms with Gasteiger partial charge in [0.15, 0.2) is 10.8 Å². The lowest BCUT2D eigenvalue weighted by atomic mass is 10.3. The van der Waals surface area contributed by atoms with Crippen molar-refractivity contribution in [3.63, 3.8) is 0 Å². The molecule has 140 valence electrons. The fourth-order valence-electron chi connectivity index (χ4n) is 2.80. The zero-order valence-electron chi connectivity index (χ0n) is 15.4. The number of rotatable bonds is 5. The quantitative estimate of drug-likeness (QED) is 0.475. The predicted octanol–water partition coefficient (Wildman–Crippen LogP) is 4.37. The van der Waals surface area contributed by atoms with Crippen molar-refractivity contribution < 1.29 is 4.42 Å². The highest BCUT2D eigenvalue weighted by atomic mass is 32.2. The molecular formula is C21H18N4O2S. The van der Waals surface area contributed by atoms with Crippen LogP contribution >= 0.6 is 11.8 Å². The maximum Gasteiger partial charge on any atom is 0.297 e. The molecule has 0 bridgehead atoms. The van der Waals surface area contributed by atoms with Gasteiger partial charge in [0.1, 0.15) is 10.8 Å². The first kappa shape index (κ1) is 18.1. The van der Waals surface area contributed by atoms with Gasteiger partial charge >= 0.3 is 0 Å². The highest BCUT2D eigenvalue weighted by molar-refractivity contribution is 7.99. The molecule has 0 aliphatic rings. The maximum atomic E-state index is 12.9. The van der Waals surface area contributed by atoms with E-state index in [1.807, 2.05) is 74.6 Å². The van der Waals surface area contributed by atoms with Gasteiger partial charge in [-0.05, 0) is 55.1 Å². The zero-order chi connectivity index (χ0) is 19.5. The third-order valence-electron chi connectivity index (χ3n) is 4.29. The first-order valence-corrected chi connectivity index (χ1v) is 9.52. The van der Waals surface area contributed by atoms with Gasteiger partial charge in [-0.1, -0.05) is 24.3 Å². The van der Waals surface area contributed by atoms with Gasteiger partial charge in [-0.25, -0.2) is 14.7 Å². The Kier molecular flexibility index (Phi) is 4.99. The van der Waals surface area contributed by atoms with Crippen LogP contribution in [0.4, 0.5) is 5.69 Å². The summed E-state index contributed by atoms with van der Waals surface area (Å²) in [5.41, 5.74) is 1.80. The second kappa shape index (κ2) is 7.74. The van der Waals surface area contributed by atoms with Crippen molar-refractivity contribution in [2.24, 2.45) is 12.0 Å². The molecule has 0 fully saturated rings. The monoisotopic (exact) mass is 390 g/mol. The molecule has 0 spiro atoms. The Bertz CT molecular complexity index is 1170. The number of benzene rings is 1. The Morgan fingerprint density at radius 2 is 1.86 bits per heavy atom. The van der Waals surface area contributed by atoms with Gasteiger partial charge in [-0.15, -0.1) is 0 Å². The molecule has 3 heterocycles. The number of hydrogen-bond donors (Lipinski definition) is 0. The molecule has 1 aromatic carbocycles. The fraction of sp³-hybridized carbons (Fsp3) is 0.0952. The Labute approximate surface area is 166 Å². The van der Waals surface area contributed by atoms with Gasteiger partial charge in [0, 0.05) is 13.2 Å². The SMILES string of the molecule is Cc1c(N=Cc2ccc(Sc3ccccn3)o2)c(=O)n(-c2ccccc2)n1C. The molecule has 6 nitrogen and oxygen atoms in total. The number of aromatic nitrogens is 3. The van der Waals surface area contributed by atoms with Crippen LogP contribution < -0.4 is 5.56 Å². The maximum absolute atomic E-state index is 12.9. The molecule has 3 aromatic heterocycles. The fourth-order valence-corrected chi connectivity index (χ4v) is 3.54. The molecule has 0 N–H and O–H groups in total. The highest BCUT2D eigenvalue weighted by Gasteiger charge is 2.15. The Hall–Kier alpha value is -3.32. The van der Waals surface area contributed by atoms with Crippen molar-refractivity contribution in [2.45, 2.75) is 17.0 Å². The van der Waals surface area contributed by atoms with Gasteiger partial charge in [0.25, 0.3) is 5.56 Å². The van der Waals surface area contributed by atoms with Crippen molar-refractivity contribution in [2.75, 3.05) is 0 Å². The highest BCUT2D eigenvalue weighted by Crippen LogP contribution is 2.27. The van der Waals surface area contributed by atoms with Crippen molar-refractivity contribution in [3.05, 3.63) is 88.7 Å². The smallest absolute Gasteiger partial charge is 0.297 e. The van der Waals surface area contributed by atoms with Crippen LogP contribution in [0.2, 0.25) is 0 Å². The lowest BCUT2D eigenvalue weighted by molar-refractivity contribution is 0.469. The van der Waals surface area contributed by atoms with E-state index in [1.165, 1.54) is 11.8 Å². The van der Waals surface area contributed by atoms with E-state index in [9.17, 15) is 4.79 Å². The molecule has 0 radical (unpaired) electrons. The van der Waals surface area contributed by atoms with Crippen LogP contribution in [0.1, 0.15) is 11.5 Å². The lowest BCUT2D eigenvalue weighted by Gasteiger charge is -2.07. The van der Waals surface area contributed by atoms with E-state index in [1.54, 1.807) is 21.8 Å². The molecule has 0 aliphatic carbocycles. The van der Waals surface area contributed by atoms with Crippen LogP contribution in [0.15, 0.2) is 91.2 Å². The number of aliphatic imine (C=N–C) groups is 1. The van der Waals surface area contributed by atoms with E-state index in [0.717, 1.165) is 16.4 Å². The standard InChI is InChI=1S/C21H18N4O2S/c1-15-20(21(26)25(24(15)2)16-8-4-3-5-9-16)23-14-17-11-12-19(27-17)28-18-10-6-7-13-22-18/h3-14H,1-2H3. The molecule has 0 atom stereocenters. The van der Waals surface area contributed by atoms with Gasteiger partial charge in [-0.3, -0.25) is 9.48 Å². The minimum absolute atomic E-state index is 0.169. The van der Waals surface area contributed by atoms with Crippen LogP contribution in [-0.4, -0.2) is 20.6 Å². The molecular weight excluding hydrogens is 372 g/mol. The summed E-state index contributed by atoms with van der Waals surface area (Å²) in [7, 11) is 1.84. The van der Waals surface area contributed by atoms with E-state index in [0.29, 0.717) is 16.5 Å². The molecule has 0 unspecified atom stereocenters. The zero-order valence-corrected chi connectivity index (χ0v) is 16.3. The van der Waals surface area contributed by atoms with Crippen molar-refractivity contribution in [1.29, 1.82) is 0 Å². The minimum Gasteiger partial charge on any atom is -0.448 e. The summed E-state index contributed by atoms with van der Waals surface area (Å²) in [6.45, 7) is 1.87. The van der Waals surface area contributed by atoms with Crippen LogP contribution in [0.25, 0.3) is 5.69 Å². The van der Waals surface area contributed by atoms with Crippen LogP contribution in [-0.2, 0) is 7.05 Å². The van der Waals surface area contributed by atoms with Crippen molar-refractivity contribution in [3.8, 4) is 5.69 Å². The van der Waals surface area contributed by atoms with Gasteiger partial charge in [0.05, 0.1) is 17.6 Å². The second-order valence-corrected chi connectivity index (χ2v) is 7.12. The second-order valence-electron chi connectivity index (χ2n) is 6.10. The Balaban J connectivity index is 1.60. The molecule has 4 rings (SSSR count). The first-order chi connectivity index (χ1) is 13.6. The third-order valence-corrected chi connectivity index (χ3v) is 5.16. The third kappa shape index (κ3) is 3.57. The largest absolute Gasteiger partial charge is 0.448 e. The number of hydrogen-bond acceptors (Lipinski definition) is 5. The lowest BCUT2D eigenvalue weighted by Crippen LogP contribution is -2.19. The van der Waals surface area contributed by atoms with Crippen LogP contribution in [0, 0.1) is 6.92 Å². The average molecular weight is 390 g/mol. The summed E-state index contributed by atoms with van der Waals surface area (Å²) >= 11 is 1.43. The molecule has 0 saturated carbocycles. The summed E-state index contributed by atoms with van der Waals surface area (Å²) in [5, 5.41) is 1.57. The number of para-hydroxylation sites is 1. The molecule has 28 heavy (non-hydrogen) atoms. The number of nitrogens with zero attached hydrogens (tertiary/aromatic N) is 4. The Morgan fingerprint density at radius 3 is 2.61 bits per heavy atom. The normalized spacial score (nSPS) is 11.4. The summed E-state index contributed by atoms with van der Waals surface area (Å²) in [6.07, 6.45) is 3.31. The van der Waals surface area contributed by atoms with E-state index in [2.05, 4.69) is 9.98 Å². The van der Waals surface area contributed by atoms with E-state index >= 15 is 0 Å². The van der Waals surface area contributed by atoms with Crippen molar-refractivity contribution in [1.82, 2.24) is 14.3 Å². The number of furan rings is 1. The average Bonchev–Trinajstić information content (AvgIpc) is 3.24. The molecule has 0 saturated heterocycles. The summed E-state index contributed by atoms with van der Waals surface area (Å²) in [6, 6.07) is 18.9. The van der Waals surface area contributed by atoms with Crippen LogP contribution in [0.5, 0.6) is 0 Å². The summed E-state index contributed by atoms with van der Waals surface area (Å²) in [4.78, 5) is 21.5. The van der Waals surface area contributed by atoms with Crippen LogP contribution in [0.3, 0.4) is 0 Å². The Morgan fingerprint density at radius 1 is 1.07 bits per heavy atom. The first-order valence-electron chi connectivity index (χ1n) is 8.70. The summed E-state index contributed by atoms with van der Waals surface area (Å²) < 4.78 is 9.17. The van der Waals surface area contributed by atoms with Gasteiger partial charge in [0.2, 0.25) is 0 Å². The van der Waals surface area contributed by atoms with Gasteiger partial charge < -0.3 is 4.42 Å². The molecule has 7 heteroatoms. The molecule has 0 amide bonds. The molecule has 4 aromatic rings. The minimum atomic E-state index is -0.169. The van der Waals surface area contributed by atoms with Gasteiger partial charge in [-0.2, -0.15) is 0 Å². The molecule has 0 aliphatic heterocycles. The number of pyridine rings is 1. The van der Waals surface area contributed by atoms with E-state index in [-0.39, 0.29) is 5.56 Å². The topological polar surface area (TPSA) is 65.3 Å². The van der Waals surface area contributed by atoms with E-state index < -0.39 is 0 Å². The predicted molar refractivity (Wildman–Crippen MR) is 110 cm³/mol.